The Morgan fingerprint density at radius 2 is 2.42 bits per heavy atom. The molecule has 3 heteroatoms. The van der Waals surface area contributed by atoms with Gasteiger partial charge in [0.1, 0.15) is 0 Å². The summed E-state index contributed by atoms with van der Waals surface area (Å²) in [5.41, 5.74) is 0.428. The van der Waals surface area contributed by atoms with Crippen LogP contribution in [-0.4, -0.2) is 17.6 Å². The maximum atomic E-state index is 8.78. The Morgan fingerprint density at radius 1 is 1.75 bits per heavy atom. The number of hydrogen-bond acceptors (Lipinski definition) is 3. The first kappa shape index (κ1) is 8.92. The van der Waals surface area contributed by atoms with Crippen molar-refractivity contribution in [3.05, 3.63) is 0 Å². The van der Waals surface area contributed by atoms with E-state index in [1.165, 1.54) is 0 Å². The molecule has 0 saturated heterocycles. The van der Waals surface area contributed by atoms with Gasteiger partial charge in [0.2, 0.25) is 0 Å². The summed E-state index contributed by atoms with van der Waals surface area (Å²) in [5, 5.41) is 8.78. The van der Waals surface area contributed by atoms with Gasteiger partial charge in [-0.05, 0) is 20.3 Å². The zero-order chi connectivity index (χ0) is 9.19. The van der Waals surface area contributed by atoms with E-state index in [1.54, 1.807) is 6.21 Å². The Kier molecular flexibility index (Phi) is 2.27. The van der Waals surface area contributed by atoms with E-state index < -0.39 is 5.66 Å². The summed E-state index contributed by atoms with van der Waals surface area (Å²) in [6.45, 7) is 5.78. The van der Waals surface area contributed by atoms with Crippen LogP contribution in [-0.2, 0) is 0 Å². The van der Waals surface area contributed by atoms with Gasteiger partial charge in [-0.15, -0.1) is 0 Å². The lowest BCUT2D eigenvalue weighted by molar-refractivity contribution is 0.359. The van der Waals surface area contributed by atoms with Crippen LogP contribution in [0.15, 0.2) is 9.98 Å². The van der Waals surface area contributed by atoms with E-state index in [-0.39, 0.29) is 5.92 Å². The van der Waals surface area contributed by atoms with Crippen LogP contribution in [0.1, 0.15) is 27.2 Å². The molecule has 0 N–H and O–H groups in total. The van der Waals surface area contributed by atoms with E-state index >= 15 is 0 Å². The van der Waals surface area contributed by atoms with E-state index in [2.05, 4.69) is 16.1 Å². The summed E-state index contributed by atoms with van der Waals surface area (Å²) in [6, 6.07) is 2.20. The molecule has 2 atom stereocenters. The van der Waals surface area contributed by atoms with Gasteiger partial charge in [0.15, 0.2) is 5.66 Å². The highest BCUT2D eigenvalue weighted by Crippen LogP contribution is 2.29. The molecule has 2 unspecified atom stereocenters. The Bertz CT molecular complexity index is 272. The first-order valence-electron chi connectivity index (χ1n) is 4.16. The molecule has 0 bridgehead atoms. The Labute approximate surface area is 72.8 Å². The minimum atomic E-state index is -0.487. The van der Waals surface area contributed by atoms with Crippen LogP contribution < -0.4 is 0 Å². The summed E-state index contributed by atoms with van der Waals surface area (Å²) < 4.78 is 0. The molecule has 0 fully saturated rings. The molecule has 1 heterocycles. The van der Waals surface area contributed by atoms with Crippen LogP contribution in [0.25, 0.3) is 0 Å². The fraction of sp³-hybridized carbons (Fsp3) is 0.667. The molecular formula is C9H13N3. The van der Waals surface area contributed by atoms with E-state index in [9.17, 15) is 0 Å². The topological polar surface area (TPSA) is 48.5 Å². The average molecular weight is 163 g/mol. The van der Waals surface area contributed by atoms with Gasteiger partial charge in [0.25, 0.3) is 0 Å². The largest absolute Gasteiger partial charge is 0.260 e. The van der Waals surface area contributed by atoms with Crippen LogP contribution in [0.5, 0.6) is 0 Å². The van der Waals surface area contributed by atoms with Crippen molar-refractivity contribution in [1.82, 2.24) is 0 Å². The third-order valence-electron chi connectivity index (χ3n) is 2.25. The molecule has 1 aliphatic heterocycles. The first-order chi connectivity index (χ1) is 5.64. The highest BCUT2D eigenvalue weighted by atomic mass is 15.1. The smallest absolute Gasteiger partial charge is 0.165 e. The van der Waals surface area contributed by atoms with Crippen molar-refractivity contribution in [3.63, 3.8) is 0 Å². The summed E-state index contributed by atoms with van der Waals surface area (Å²) in [6.07, 6.45) is 2.53. The monoisotopic (exact) mass is 163 g/mol. The molecule has 0 aromatic rings. The lowest BCUT2D eigenvalue weighted by atomic mass is 9.94. The Morgan fingerprint density at radius 3 is 2.75 bits per heavy atom. The average Bonchev–Trinajstić information content (AvgIpc) is 2.47. The van der Waals surface area contributed by atoms with E-state index in [1.807, 2.05) is 20.8 Å². The highest BCUT2D eigenvalue weighted by molar-refractivity contribution is 6.30. The maximum Gasteiger partial charge on any atom is 0.165 e. The molecule has 3 nitrogen and oxygen atoms in total. The Hall–Kier alpha value is -1.17. The zero-order valence-corrected chi connectivity index (χ0v) is 7.70. The van der Waals surface area contributed by atoms with Crippen molar-refractivity contribution in [1.29, 1.82) is 5.26 Å². The van der Waals surface area contributed by atoms with Crippen LogP contribution in [0.2, 0.25) is 0 Å². The van der Waals surface area contributed by atoms with Gasteiger partial charge in [-0.25, -0.2) is 0 Å². The van der Waals surface area contributed by atoms with Crippen molar-refractivity contribution in [2.75, 3.05) is 0 Å². The fourth-order valence-electron chi connectivity index (χ4n) is 1.36. The fourth-order valence-corrected chi connectivity index (χ4v) is 1.36. The minimum absolute atomic E-state index is 0.142. The second-order valence-electron chi connectivity index (χ2n) is 3.09. The quantitative estimate of drug-likeness (QED) is 0.612. The molecule has 1 aliphatic rings. The van der Waals surface area contributed by atoms with E-state index in [0.717, 1.165) is 12.1 Å². The summed E-state index contributed by atoms with van der Waals surface area (Å²) in [4.78, 5) is 8.67. The van der Waals surface area contributed by atoms with Crippen LogP contribution in [0.3, 0.4) is 0 Å². The standard InChI is InChI=1S/C9H13N3/c1-4-9(7(2)5-10)11-6-8(3)12-9/h6-7H,4H2,1-3H3. The van der Waals surface area contributed by atoms with Crippen molar-refractivity contribution in [2.24, 2.45) is 15.9 Å². The van der Waals surface area contributed by atoms with Crippen molar-refractivity contribution in [2.45, 2.75) is 32.9 Å². The van der Waals surface area contributed by atoms with Gasteiger partial charge in [-0.3, -0.25) is 9.98 Å². The molecule has 0 radical (unpaired) electrons. The second kappa shape index (κ2) is 3.06. The Balaban J connectivity index is 2.96. The van der Waals surface area contributed by atoms with Gasteiger partial charge in [-0.1, -0.05) is 6.92 Å². The predicted molar refractivity (Wildman–Crippen MR) is 49.4 cm³/mol. The number of nitrogens with zero attached hydrogens (tertiary/aromatic N) is 3. The summed E-state index contributed by atoms with van der Waals surface area (Å²) in [5.74, 6) is -0.142. The molecule has 0 amide bonds. The lowest BCUT2D eigenvalue weighted by Gasteiger charge is -2.23. The molecule has 0 saturated carbocycles. The number of nitriles is 1. The highest BCUT2D eigenvalue weighted by Gasteiger charge is 2.35. The summed E-state index contributed by atoms with van der Waals surface area (Å²) >= 11 is 0. The van der Waals surface area contributed by atoms with Gasteiger partial charge < -0.3 is 0 Å². The molecule has 0 aromatic heterocycles. The third-order valence-corrected chi connectivity index (χ3v) is 2.25. The van der Waals surface area contributed by atoms with Crippen molar-refractivity contribution >= 4 is 11.9 Å². The molecule has 0 aliphatic carbocycles. The normalized spacial score (nSPS) is 29.7. The van der Waals surface area contributed by atoms with Gasteiger partial charge >= 0.3 is 0 Å². The molecule has 1 rings (SSSR count). The third kappa shape index (κ3) is 1.25. The van der Waals surface area contributed by atoms with Crippen molar-refractivity contribution < 1.29 is 0 Å². The molecule has 64 valence electrons. The van der Waals surface area contributed by atoms with E-state index in [0.29, 0.717) is 0 Å². The number of aliphatic imine (C=N–C) groups is 2. The number of rotatable bonds is 2. The van der Waals surface area contributed by atoms with Crippen LogP contribution in [0.4, 0.5) is 0 Å². The second-order valence-corrected chi connectivity index (χ2v) is 3.09. The van der Waals surface area contributed by atoms with Crippen LogP contribution >= 0.6 is 0 Å². The van der Waals surface area contributed by atoms with Gasteiger partial charge in [-0.2, -0.15) is 5.26 Å². The molecular weight excluding hydrogens is 150 g/mol. The first-order valence-corrected chi connectivity index (χ1v) is 4.16. The minimum Gasteiger partial charge on any atom is -0.260 e. The maximum absolute atomic E-state index is 8.78. The zero-order valence-electron chi connectivity index (χ0n) is 7.70. The predicted octanol–water partition coefficient (Wildman–Crippen LogP) is 1.80. The SMILES string of the molecule is CCC1(C(C)C#N)N=CC(C)=N1. The molecule has 12 heavy (non-hydrogen) atoms. The van der Waals surface area contributed by atoms with Gasteiger partial charge in [0.05, 0.1) is 17.7 Å². The van der Waals surface area contributed by atoms with Crippen molar-refractivity contribution in [3.8, 4) is 6.07 Å². The molecule has 0 spiro atoms. The van der Waals surface area contributed by atoms with Gasteiger partial charge in [0, 0.05) is 6.21 Å². The number of hydrogen-bond donors (Lipinski definition) is 0. The van der Waals surface area contributed by atoms with Crippen LogP contribution in [0, 0.1) is 17.2 Å². The molecule has 0 aromatic carbocycles. The summed E-state index contributed by atoms with van der Waals surface area (Å²) in [7, 11) is 0. The van der Waals surface area contributed by atoms with E-state index in [4.69, 9.17) is 5.26 Å². The lowest BCUT2D eigenvalue weighted by Crippen LogP contribution is -2.28.